The number of rotatable bonds is 7. The van der Waals surface area contributed by atoms with Crippen molar-refractivity contribution in [3.63, 3.8) is 0 Å². The van der Waals surface area contributed by atoms with Crippen molar-refractivity contribution in [1.82, 2.24) is 15.6 Å². The Morgan fingerprint density at radius 1 is 1.10 bits per heavy atom. The van der Waals surface area contributed by atoms with Crippen LogP contribution in [0.3, 0.4) is 0 Å². The number of aromatic hydroxyl groups is 1. The number of ether oxygens (including phenoxy) is 1. The molecule has 8 nitrogen and oxygen atoms in total. The van der Waals surface area contributed by atoms with Gasteiger partial charge in [0.2, 0.25) is 0 Å². The Morgan fingerprint density at radius 3 is 2.58 bits per heavy atom. The molecule has 0 aliphatic heterocycles. The van der Waals surface area contributed by atoms with Gasteiger partial charge in [0.1, 0.15) is 17.2 Å². The molecule has 2 aromatic carbocycles. The van der Waals surface area contributed by atoms with Crippen molar-refractivity contribution in [3.8, 4) is 17.2 Å². The van der Waals surface area contributed by atoms with Crippen LogP contribution >= 0.6 is 22.6 Å². The maximum Gasteiger partial charge on any atom is 0.319 e. The summed E-state index contributed by atoms with van der Waals surface area (Å²) in [6.07, 6.45) is 1.58. The summed E-state index contributed by atoms with van der Waals surface area (Å²) in [7, 11) is 0. The lowest BCUT2D eigenvalue weighted by molar-refractivity contribution is 0.0953. The third-order valence-electron chi connectivity index (χ3n) is 4.43. The Balaban J connectivity index is 1.94. The number of halogens is 1. The van der Waals surface area contributed by atoms with E-state index in [0.29, 0.717) is 45.6 Å². The molecule has 4 N–H and O–H groups in total. The summed E-state index contributed by atoms with van der Waals surface area (Å²) < 4.78 is 6.76. The maximum atomic E-state index is 12.3. The smallest absolute Gasteiger partial charge is 0.319 e. The number of carbonyl (C=O) groups excluding carboxylic acids is 2. The van der Waals surface area contributed by atoms with Crippen molar-refractivity contribution in [2.45, 2.75) is 18.3 Å². The van der Waals surface area contributed by atoms with Gasteiger partial charge in [-0.1, -0.05) is 22.6 Å². The SMILES string of the molecule is CCNC(=O)Nc1ccc(Oc2ccnc3cc(O)c(C(=O)NCC)cc23)cc1CI. The third-order valence-corrected chi connectivity index (χ3v) is 5.26. The van der Waals surface area contributed by atoms with Crippen LogP contribution in [0.4, 0.5) is 10.5 Å². The van der Waals surface area contributed by atoms with Gasteiger partial charge in [-0.2, -0.15) is 0 Å². The molecule has 3 aromatic rings. The molecule has 1 aromatic heterocycles. The number of phenolic OH excluding ortho intramolecular Hbond substituents is 1. The lowest BCUT2D eigenvalue weighted by Crippen LogP contribution is -2.28. The number of benzene rings is 2. The largest absolute Gasteiger partial charge is 0.507 e. The van der Waals surface area contributed by atoms with Gasteiger partial charge in [0.15, 0.2) is 0 Å². The second-order valence-corrected chi connectivity index (χ2v) is 7.36. The number of aromatic nitrogens is 1. The minimum absolute atomic E-state index is 0.143. The molecule has 1 heterocycles. The predicted octanol–water partition coefficient (Wildman–Crippen LogP) is 4.56. The van der Waals surface area contributed by atoms with Crippen molar-refractivity contribution in [3.05, 3.63) is 53.7 Å². The zero-order chi connectivity index (χ0) is 22.4. The highest BCUT2D eigenvalue weighted by Crippen LogP contribution is 2.34. The maximum absolute atomic E-state index is 12.3. The summed E-state index contributed by atoms with van der Waals surface area (Å²) in [5.41, 5.74) is 2.27. The third kappa shape index (κ3) is 5.35. The standard InChI is InChI=1S/C22H23IN4O4/c1-3-24-21(29)16-10-15-18(11-19(16)28)26-8-7-20(15)31-14-5-6-17(13(9-14)12-23)27-22(30)25-4-2/h5-11,28H,3-4,12H2,1-2H3,(H,24,29)(H2,25,27,30). The molecule has 0 bridgehead atoms. The first-order valence-electron chi connectivity index (χ1n) is 9.78. The number of hydrogen-bond donors (Lipinski definition) is 4. The number of fused-ring (bicyclic) bond motifs is 1. The molecule has 31 heavy (non-hydrogen) atoms. The number of amides is 3. The first-order chi connectivity index (χ1) is 15.0. The van der Waals surface area contributed by atoms with Crippen LogP contribution in [0.2, 0.25) is 0 Å². The van der Waals surface area contributed by atoms with Crippen molar-refractivity contribution in [1.29, 1.82) is 0 Å². The molecule has 0 saturated heterocycles. The molecule has 162 valence electrons. The highest BCUT2D eigenvalue weighted by molar-refractivity contribution is 14.1. The zero-order valence-electron chi connectivity index (χ0n) is 17.2. The van der Waals surface area contributed by atoms with Gasteiger partial charge in [0.05, 0.1) is 11.1 Å². The highest BCUT2D eigenvalue weighted by Gasteiger charge is 2.15. The molecule has 0 unspecified atom stereocenters. The van der Waals surface area contributed by atoms with Gasteiger partial charge in [-0.05, 0) is 49.7 Å². The van der Waals surface area contributed by atoms with Crippen molar-refractivity contribution >= 4 is 51.1 Å². The van der Waals surface area contributed by atoms with Gasteiger partial charge in [-0.25, -0.2) is 4.79 Å². The molecule has 0 fully saturated rings. The fraction of sp³-hybridized carbons (Fsp3) is 0.227. The quantitative estimate of drug-likeness (QED) is 0.262. The average Bonchev–Trinajstić information content (AvgIpc) is 2.74. The van der Waals surface area contributed by atoms with E-state index < -0.39 is 0 Å². The molecular formula is C22H23IN4O4. The minimum Gasteiger partial charge on any atom is -0.507 e. The summed E-state index contributed by atoms with van der Waals surface area (Å²) in [5.74, 6) is 0.563. The number of phenols is 1. The molecule has 3 amide bonds. The van der Waals surface area contributed by atoms with E-state index in [0.717, 1.165) is 5.56 Å². The first kappa shape index (κ1) is 22.6. The average molecular weight is 534 g/mol. The molecule has 0 saturated carbocycles. The van der Waals surface area contributed by atoms with Crippen molar-refractivity contribution in [2.24, 2.45) is 0 Å². The van der Waals surface area contributed by atoms with Crippen LogP contribution in [-0.2, 0) is 4.43 Å². The Kier molecular flexibility index (Phi) is 7.50. The molecule has 9 heteroatoms. The van der Waals surface area contributed by atoms with E-state index in [4.69, 9.17) is 4.74 Å². The lowest BCUT2D eigenvalue weighted by atomic mass is 10.1. The predicted molar refractivity (Wildman–Crippen MR) is 128 cm³/mol. The molecule has 3 rings (SSSR count). The van der Waals surface area contributed by atoms with E-state index in [2.05, 4.69) is 43.5 Å². The van der Waals surface area contributed by atoms with Crippen LogP contribution in [0.1, 0.15) is 29.8 Å². The van der Waals surface area contributed by atoms with Gasteiger partial charge >= 0.3 is 6.03 Å². The molecule has 0 spiro atoms. The molecule has 0 aliphatic rings. The topological polar surface area (TPSA) is 113 Å². The number of pyridine rings is 1. The van der Waals surface area contributed by atoms with Crippen molar-refractivity contribution < 1.29 is 19.4 Å². The molecule has 0 aliphatic carbocycles. The Morgan fingerprint density at radius 2 is 1.87 bits per heavy atom. The van der Waals surface area contributed by atoms with Crippen molar-refractivity contribution in [2.75, 3.05) is 18.4 Å². The molecule has 0 radical (unpaired) electrons. The number of urea groups is 1. The summed E-state index contributed by atoms with van der Waals surface area (Å²) in [4.78, 5) is 28.4. The second kappa shape index (κ2) is 10.3. The highest BCUT2D eigenvalue weighted by atomic mass is 127. The lowest BCUT2D eigenvalue weighted by Gasteiger charge is -2.14. The van der Waals surface area contributed by atoms with Crippen LogP contribution in [0.25, 0.3) is 10.9 Å². The number of anilines is 1. The number of hydrogen-bond acceptors (Lipinski definition) is 5. The summed E-state index contributed by atoms with van der Waals surface area (Å²) in [5, 5.41) is 19.0. The van der Waals surface area contributed by atoms with Gasteiger partial charge in [-0.3, -0.25) is 9.78 Å². The van der Waals surface area contributed by atoms with E-state index in [1.807, 2.05) is 13.0 Å². The Labute approximate surface area is 193 Å². The van der Waals surface area contributed by atoms with Crippen LogP contribution in [0.15, 0.2) is 42.6 Å². The number of carbonyl (C=O) groups is 2. The number of nitrogens with one attached hydrogen (secondary N) is 3. The fourth-order valence-corrected chi connectivity index (χ4v) is 3.63. The van der Waals surface area contributed by atoms with E-state index in [9.17, 15) is 14.7 Å². The first-order valence-corrected chi connectivity index (χ1v) is 11.3. The van der Waals surface area contributed by atoms with Crippen LogP contribution in [-0.4, -0.2) is 35.1 Å². The van der Waals surface area contributed by atoms with Gasteiger partial charge in [-0.15, -0.1) is 0 Å². The van der Waals surface area contributed by atoms with Gasteiger partial charge < -0.3 is 25.8 Å². The minimum atomic E-state index is -0.371. The Bertz CT molecular complexity index is 1120. The molecule has 0 atom stereocenters. The fourth-order valence-electron chi connectivity index (χ4n) is 3.00. The summed E-state index contributed by atoms with van der Waals surface area (Å²) >= 11 is 2.22. The van der Waals surface area contributed by atoms with Crippen LogP contribution in [0, 0.1) is 0 Å². The van der Waals surface area contributed by atoms with Crippen LogP contribution < -0.4 is 20.7 Å². The zero-order valence-corrected chi connectivity index (χ0v) is 19.3. The normalized spacial score (nSPS) is 10.5. The van der Waals surface area contributed by atoms with Gasteiger partial charge in [0.25, 0.3) is 5.91 Å². The summed E-state index contributed by atoms with van der Waals surface area (Å²) in [6.45, 7) is 4.64. The van der Waals surface area contributed by atoms with Crippen LogP contribution in [0.5, 0.6) is 17.2 Å². The van der Waals surface area contributed by atoms with E-state index in [1.54, 1.807) is 37.4 Å². The monoisotopic (exact) mass is 534 g/mol. The summed E-state index contributed by atoms with van der Waals surface area (Å²) in [6, 6.07) is 9.85. The molecular weight excluding hydrogens is 511 g/mol. The van der Waals surface area contributed by atoms with E-state index in [1.165, 1.54) is 6.07 Å². The number of nitrogens with zero attached hydrogens (tertiary/aromatic N) is 1. The van der Waals surface area contributed by atoms with E-state index >= 15 is 0 Å². The van der Waals surface area contributed by atoms with Gasteiger partial charge in [0, 0.05) is 40.9 Å². The Hall–Kier alpha value is -3.08. The second-order valence-electron chi connectivity index (χ2n) is 6.59. The van der Waals surface area contributed by atoms with E-state index in [-0.39, 0.29) is 23.3 Å². The number of alkyl halides is 1.